The molecular formula is C12H16BrN5. The highest BCUT2D eigenvalue weighted by Crippen LogP contribution is 2.14. The van der Waals surface area contributed by atoms with E-state index < -0.39 is 0 Å². The van der Waals surface area contributed by atoms with Gasteiger partial charge < -0.3 is 9.88 Å². The van der Waals surface area contributed by atoms with Crippen LogP contribution in [0.1, 0.15) is 25.0 Å². The van der Waals surface area contributed by atoms with Gasteiger partial charge in [0.05, 0.1) is 6.54 Å². The van der Waals surface area contributed by atoms with Crippen LogP contribution in [-0.2, 0) is 20.0 Å². The Labute approximate surface area is 115 Å². The van der Waals surface area contributed by atoms with Crippen molar-refractivity contribution in [2.45, 2.75) is 26.3 Å². The van der Waals surface area contributed by atoms with Crippen molar-refractivity contribution < 1.29 is 0 Å². The number of halogens is 1. The average Bonchev–Trinajstić information content (AvgIpc) is 2.72. The van der Waals surface area contributed by atoms with E-state index in [4.69, 9.17) is 0 Å². The van der Waals surface area contributed by atoms with Gasteiger partial charge in [0.15, 0.2) is 0 Å². The monoisotopic (exact) mass is 309 g/mol. The molecule has 5 nitrogen and oxygen atoms in total. The van der Waals surface area contributed by atoms with Crippen LogP contribution >= 0.6 is 15.9 Å². The van der Waals surface area contributed by atoms with Crippen molar-refractivity contribution in [1.29, 1.82) is 0 Å². The summed E-state index contributed by atoms with van der Waals surface area (Å²) in [5.41, 5.74) is 0. The predicted molar refractivity (Wildman–Crippen MR) is 74.3 cm³/mol. The van der Waals surface area contributed by atoms with Crippen LogP contribution in [-0.4, -0.2) is 19.5 Å². The second kappa shape index (κ2) is 5.95. The number of imidazole rings is 1. The van der Waals surface area contributed by atoms with Gasteiger partial charge in [-0.3, -0.25) is 0 Å². The van der Waals surface area contributed by atoms with Gasteiger partial charge >= 0.3 is 0 Å². The van der Waals surface area contributed by atoms with Gasteiger partial charge in [0, 0.05) is 31.9 Å². The summed E-state index contributed by atoms with van der Waals surface area (Å²) < 4.78 is 2.79. The van der Waals surface area contributed by atoms with Crippen molar-refractivity contribution in [2.75, 3.05) is 5.32 Å². The fraction of sp³-hybridized carbons (Fsp3) is 0.417. The highest BCUT2D eigenvalue weighted by Gasteiger charge is 2.04. The van der Waals surface area contributed by atoms with Gasteiger partial charge in [-0.25, -0.2) is 15.0 Å². The zero-order valence-electron chi connectivity index (χ0n) is 10.5. The van der Waals surface area contributed by atoms with Crippen LogP contribution in [0.25, 0.3) is 0 Å². The van der Waals surface area contributed by atoms with Gasteiger partial charge in [0.25, 0.3) is 0 Å². The fourth-order valence-electron chi connectivity index (χ4n) is 1.63. The Morgan fingerprint density at radius 1 is 1.39 bits per heavy atom. The van der Waals surface area contributed by atoms with E-state index in [0.29, 0.717) is 6.54 Å². The Kier molecular flexibility index (Phi) is 4.30. The van der Waals surface area contributed by atoms with E-state index >= 15 is 0 Å². The molecule has 96 valence electrons. The summed E-state index contributed by atoms with van der Waals surface area (Å²) in [5, 5.41) is 3.26. The zero-order valence-corrected chi connectivity index (χ0v) is 12.1. The van der Waals surface area contributed by atoms with Crippen LogP contribution in [0.15, 0.2) is 23.1 Å². The molecule has 0 radical (unpaired) electrons. The van der Waals surface area contributed by atoms with Gasteiger partial charge in [-0.05, 0) is 22.4 Å². The third kappa shape index (κ3) is 3.29. The van der Waals surface area contributed by atoms with Crippen molar-refractivity contribution in [3.8, 4) is 0 Å². The summed E-state index contributed by atoms with van der Waals surface area (Å²) in [4.78, 5) is 13.1. The normalized spacial score (nSPS) is 10.6. The summed E-state index contributed by atoms with van der Waals surface area (Å²) >= 11 is 3.40. The molecule has 0 saturated carbocycles. The maximum atomic E-state index is 4.46. The first-order chi connectivity index (χ1) is 8.69. The number of hydrogen-bond acceptors (Lipinski definition) is 4. The highest BCUT2D eigenvalue weighted by atomic mass is 79.9. The van der Waals surface area contributed by atoms with Crippen molar-refractivity contribution in [3.63, 3.8) is 0 Å². The third-order valence-electron chi connectivity index (χ3n) is 2.56. The summed E-state index contributed by atoms with van der Waals surface area (Å²) in [7, 11) is 1.97. The van der Waals surface area contributed by atoms with Crippen molar-refractivity contribution >= 4 is 21.7 Å². The second-order valence-corrected chi connectivity index (χ2v) is 4.86. The van der Waals surface area contributed by atoms with E-state index in [1.807, 2.05) is 23.9 Å². The number of hydrogen-bond donors (Lipinski definition) is 1. The molecule has 0 atom stereocenters. The predicted octanol–water partition coefficient (Wildman–Crippen LogP) is 2.54. The Balaban J connectivity index is 2.07. The van der Waals surface area contributed by atoms with E-state index in [-0.39, 0.29) is 0 Å². The van der Waals surface area contributed by atoms with E-state index in [1.54, 1.807) is 6.20 Å². The maximum absolute atomic E-state index is 4.46. The van der Waals surface area contributed by atoms with E-state index in [1.165, 1.54) is 0 Å². The Morgan fingerprint density at radius 2 is 2.22 bits per heavy atom. The van der Waals surface area contributed by atoms with Gasteiger partial charge in [0.2, 0.25) is 0 Å². The average molecular weight is 310 g/mol. The molecule has 2 heterocycles. The molecule has 0 aliphatic rings. The molecule has 1 N–H and O–H groups in total. The molecule has 0 amide bonds. The molecule has 0 saturated heterocycles. The quantitative estimate of drug-likeness (QED) is 0.862. The Bertz CT molecular complexity index is 523. The molecule has 6 heteroatoms. The molecule has 18 heavy (non-hydrogen) atoms. The third-order valence-corrected chi connectivity index (χ3v) is 2.97. The minimum atomic E-state index is 0.651. The number of aryl methyl sites for hydroxylation is 2. The van der Waals surface area contributed by atoms with Crippen LogP contribution < -0.4 is 5.32 Å². The molecule has 0 spiro atoms. The van der Waals surface area contributed by atoms with Gasteiger partial charge in [-0.2, -0.15) is 0 Å². The lowest BCUT2D eigenvalue weighted by Gasteiger charge is -2.07. The molecule has 0 fully saturated rings. The molecule has 2 aromatic rings. The van der Waals surface area contributed by atoms with E-state index in [9.17, 15) is 0 Å². The molecular weight excluding hydrogens is 294 g/mol. The zero-order chi connectivity index (χ0) is 13.0. The minimum Gasteiger partial charge on any atom is -0.363 e. The Hall–Kier alpha value is -1.43. The second-order valence-electron chi connectivity index (χ2n) is 4.05. The summed E-state index contributed by atoms with van der Waals surface area (Å²) in [5.74, 6) is 2.65. The Morgan fingerprint density at radius 3 is 2.89 bits per heavy atom. The smallest absolute Gasteiger partial charge is 0.132 e. The van der Waals surface area contributed by atoms with Crippen LogP contribution in [0, 0.1) is 0 Å². The largest absolute Gasteiger partial charge is 0.363 e. The number of nitrogens with zero attached hydrogens (tertiary/aromatic N) is 4. The van der Waals surface area contributed by atoms with Crippen molar-refractivity contribution in [1.82, 2.24) is 19.5 Å². The topological polar surface area (TPSA) is 55.6 Å². The maximum Gasteiger partial charge on any atom is 0.132 e. The van der Waals surface area contributed by atoms with E-state index in [2.05, 4.69) is 43.1 Å². The molecule has 2 rings (SSSR count). The van der Waals surface area contributed by atoms with Crippen LogP contribution in [0.4, 0.5) is 5.82 Å². The van der Waals surface area contributed by atoms with Crippen molar-refractivity contribution in [2.24, 2.45) is 7.05 Å². The molecule has 0 aliphatic carbocycles. The van der Waals surface area contributed by atoms with Gasteiger partial charge in [-0.1, -0.05) is 6.92 Å². The first kappa shape index (κ1) is 13.0. The van der Waals surface area contributed by atoms with Gasteiger partial charge in [-0.15, -0.1) is 0 Å². The SMILES string of the molecule is CCCc1nc(Br)cc(NCc2nccn2C)n1. The molecule has 0 unspecified atom stereocenters. The van der Waals surface area contributed by atoms with Gasteiger partial charge in [0.1, 0.15) is 22.1 Å². The lowest BCUT2D eigenvalue weighted by atomic mass is 10.3. The standard InChI is InChI=1S/C12H16BrN5/c1-3-4-10-16-9(13)7-11(17-10)15-8-12-14-5-6-18(12)2/h5-7H,3-4,8H2,1-2H3,(H,15,16,17). The minimum absolute atomic E-state index is 0.651. The molecule has 0 aliphatic heterocycles. The van der Waals surface area contributed by atoms with E-state index in [0.717, 1.165) is 34.9 Å². The van der Waals surface area contributed by atoms with Crippen LogP contribution in [0.2, 0.25) is 0 Å². The number of nitrogens with one attached hydrogen (secondary N) is 1. The highest BCUT2D eigenvalue weighted by molar-refractivity contribution is 9.10. The lowest BCUT2D eigenvalue weighted by molar-refractivity contribution is 0.801. The molecule has 0 bridgehead atoms. The summed E-state index contributed by atoms with van der Waals surface area (Å²) in [6.45, 7) is 2.77. The molecule has 0 aromatic carbocycles. The summed E-state index contributed by atoms with van der Waals surface area (Å²) in [6, 6.07) is 1.88. The molecule has 2 aromatic heterocycles. The first-order valence-electron chi connectivity index (χ1n) is 5.92. The van der Waals surface area contributed by atoms with Crippen LogP contribution in [0.5, 0.6) is 0 Å². The summed E-state index contributed by atoms with van der Waals surface area (Å²) in [6.07, 6.45) is 5.64. The lowest BCUT2D eigenvalue weighted by Crippen LogP contribution is -2.08. The number of rotatable bonds is 5. The number of aromatic nitrogens is 4. The fourth-order valence-corrected chi connectivity index (χ4v) is 2.05. The first-order valence-corrected chi connectivity index (χ1v) is 6.72. The van der Waals surface area contributed by atoms with Crippen LogP contribution in [0.3, 0.4) is 0 Å². The van der Waals surface area contributed by atoms with Crippen molar-refractivity contribution in [3.05, 3.63) is 34.7 Å². The number of anilines is 1.